The molecule has 0 radical (unpaired) electrons. The van der Waals surface area contributed by atoms with Crippen LogP contribution in [0.25, 0.3) is 10.9 Å². The number of benzene rings is 2. The number of ketones is 1. The Morgan fingerprint density at radius 1 is 0.517 bits per heavy atom. The predicted octanol–water partition coefficient (Wildman–Crippen LogP) is -5.99. The van der Waals surface area contributed by atoms with Gasteiger partial charge in [-0.15, -0.1) is 0 Å². The number of aromatic nitrogens is 1. The highest BCUT2D eigenvalue weighted by Crippen LogP contribution is 2.22. The standard InChI is InChI=1S/C75H106N18O27/c1-4-37(2)16-9-7-5-6-8-10-22-57(98)84-46(26-39-33-80-43-20-14-12-17-40(39)43)68(112)87-48(29-56(79)97)70(114)91-51(32-63(107)108)72(116)93-64-38(3)120-75(119)52(27-54(95)41-18-11-13-19-42(41)77)92-67(111)45(23-24-60(101)102)86-73(117)53(36-94)85-59(100)34-81-65(109)49(30-61(103)104)89-69(113)47(28-55(78)96)88-71(115)50(31-62(105)106)90-66(110)44(21-15-25-76)83-58(99)35-82-74(64)118/h11-14,17-20,33,37-38,44-53,64,80,94H,4-10,15-16,21-32,34-36,76-77H2,1-3H3,(H2,78,96)(H2,79,97)(H,81,109)(H,82,118)(H,83,99)(H,84,98)(H,85,100)(H,86,117)(H,87,112)(H,88,115)(H,89,113)(H,90,110)(H,91,114)(H,92,111)(H,93,116)(H,101,102)(H,103,104)(H,105,106)(H,107,108). The number of carbonyl (C=O) groups excluding carboxylic acids is 17. The van der Waals surface area contributed by atoms with Gasteiger partial charge >= 0.3 is 29.8 Å². The Kier molecular flexibility index (Phi) is 41.6. The lowest BCUT2D eigenvalue weighted by molar-refractivity contribution is -0.156. The van der Waals surface area contributed by atoms with Crippen LogP contribution in [0.1, 0.15) is 159 Å². The smallest absolute Gasteiger partial charge is 0.329 e. The molecule has 0 aliphatic carbocycles. The number of carbonyl (C=O) groups is 21. The van der Waals surface area contributed by atoms with E-state index in [-0.39, 0.29) is 37.1 Å². The third-order valence-corrected chi connectivity index (χ3v) is 18.8. The summed E-state index contributed by atoms with van der Waals surface area (Å²) >= 11 is 0. The second kappa shape index (κ2) is 50.4. The third-order valence-electron chi connectivity index (χ3n) is 18.8. The molecule has 2 aromatic carbocycles. The van der Waals surface area contributed by atoms with Gasteiger partial charge < -0.3 is 127 Å². The summed E-state index contributed by atoms with van der Waals surface area (Å²) in [5.41, 5.74) is 23.4. The molecule has 658 valence electrons. The second-order valence-electron chi connectivity index (χ2n) is 28.5. The van der Waals surface area contributed by atoms with Crippen molar-refractivity contribution >= 4 is 141 Å². The fourth-order valence-electron chi connectivity index (χ4n) is 12.2. The van der Waals surface area contributed by atoms with Crippen LogP contribution in [0.4, 0.5) is 5.69 Å². The van der Waals surface area contributed by atoms with Crippen LogP contribution in [0.2, 0.25) is 0 Å². The SMILES string of the molecule is CCC(C)CCCCCCCCC(=O)NC(Cc1c[nH]c2ccccc12)C(=O)NC(CC(N)=O)C(=O)NC(CC(=O)O)C(=O)NC1C(=O)NCC(=O)NC(CCCN)C(=O)NC(CC(=O)O)C(=O)NC(CC(N)=O)C(=O)NC(CC(=O)O)C(=O)NCC(=O)NC(CO)C(=O)NC(CCC(=O)O)C(=O)NC(CC(=O)c2ccccc2N)C(=O)OC1C. The molecule has 13 unspecified atom stereocenters. The molecule has 45 heteroatoms. The number of carboxylic acids is 4. The van der Waals surface area contributed by atoms with Crippen molar-refractivity contribution in [1.82, 2.24) is 74.1 Å². The minimum atomic E-state index is -2.48. The molecule has 120 heavy (non-hydrogen) atoms. The summed E-state index contributed by atoms with van der Waals surface area (Å²) in [6.45, 7) is 1.08. The Balaban J connectivity index is 1.87. The van der Waals surface area contributed by atoms with Crippen LogP contribution in [0.3, 0.4) is 0 Å². The van der Waals surface area contributed by atoms with E-state index in [9.17, 15) is 126 Å². The van der Waals surface area contributed by atoms with Crippen LogP contribution in [-0.4, -0.2) is 254 Å². The van der Waals surface area contributed by atoms with Gasteiger partial charge in [-0.05, 0) is 68.8 Å². The lowest BCUT2D eigenvalue weighted by Gasteiger charge is -2.29. The number of ether oxygens (including phenoxy) is 1. The van der Waals surface area contributed by atoms with Crippen molar-refractivity contribution in [2.45, 2.75) is 222 Å². The first-order valence-corrected chi connectivity index (χ1v) is 38.5. The van der Waals surface area contributed by atoms with Crippen LogP contribution in [-0.2, 0) is 107 Å². The topological polar surface area (TPSA) is 745 Å². The fraction of sp³-hybridized carbons (Fsp3) is 0.533. The minimum Gasteiger partial charge on any atom is -0.481 e. The largest absolute Gasteiger partial charge is 0.481 e. The van der Waals surface area contributed by atoms with Crippen molar-refractivity contribution in [2.24, 2.45) is 23.1 Å². The molecule has 1 aliphatic rings. The van der Waals surface area contributed by atoms with Crippen molar-refractivity contribution in [3.63, 3.8) is 0 Å². The molecule has 1 fully saturated rings. The zero-order chi connectivity index (χ0) is 89.5. The maximum absolute atomic E-state index is 14.8. The van der Waals surface area contributed by atoms with Crippen molar-refractivity contribution in [3.8, 4) is 0 Å². The minimum absolute atomic E-state index is 0.0285. The van der Waals surface area contributed by atoms with Crippen molar-refractivity contribution in [2.75, 3.05) is 32.0 Å². The Labute approximate surface area is 686 Å². The van der Waals surface area contributed by atoms with Gasteiger partial charge in [0.2, 0.25) is 88.6 Å². The molecule has 1 aromatic heterocycles. The Bertz CT molecular complexity index is 4210. The number of nitrogens with two attached hydrogens (primary N) is 4. The molecule has 4 rings (SSSR count). The molecule has 45 nitrogen and oxygen atoms in total. The van der Waals surface area contributed by atoms with E-state index in [1.807, 2.05) is 21.3 Å². The number of amides is 15. The zero-order valence-electron chi connectivity index (χ0n) is 66.2. The maximum atomic E-state index is 14.8. The highest BCUT2D eigenvalue weighted by molar-refractivity contribution is 6.05. The highest BCUT2D eigenvalue weighted by atomic mass is 16.5. The van der Waals surface area contributed by atoms with E-state index in [2.05, 4.69) is 66.7 Å². The number of esters is 1. The number of hydrogen-bond donors (Lipinski definition) is 23. The molecule has 0 saturated carbocycles. The van der Waals surface area contributed by atoms with Crippen molar-refractivity contribution < 1.29 is 131 Å². The number of primary amides is 2. The van der Waals surface area contributed by atoms with Gasteiger partial charge in [-0.25, -0.2) is 4.79 Å². The Hall–Kier alpha value is -13.2. The van der Waals surface area contributed by atoms with E-state index in [1.54, 1.807) is 30.5 Å². The summed E-state index contributed by atoms with van der Waals surface area (Å²) in [4.78, 5) is 289. The number of H-pyrrole nitrogens is 1. The van der Waals surface area contributed by atoms with Gasteiger partial charge in [0.25, 0.3) is 0 Å². The number of carboxylic acid groups (broad SMARTS) is 4. The van der Waals surface area contributed by atoms with E-state index < -0.39 is 274 Å². The quantitative estimate of drug-likeness (QED) is 0.0109. The van der Waals surface area contributed by atoms with Gasteiger partial charge in [0.05, 0.1) is 51.8 Å². The monoisotopic (exact) mass is 1690 g/mol. The van der Waals surface area contributed by atoms with E-state index in [0.717, 1.165) is 45.4 Å². The first kappa shape index (κ1) is 99.1. The molecular formula is C75H106N18O27. The Morgan fingerprint density at radius 3 is 1.59 bits per heavy atom. The number of fused-ring (bicyclic) bond motifs is 1. The Morgan fingerprint density at radius 2 is 1.02 bits per heavy atom. The summed E-state index contributed by atoms with van der Waals surface area (Å²) in [5.74, 6) is -30.1. The van der Waals surface area contributed by atoms with E-state index >= 15 is 0 Å². The number of para-hydroxylation sites is 2. The van der Waals surface area contributed by atoms with Crippen LogP contribution in [0.15, 0.2) is 54.7 Å². The number of aliphatic carboxylic acids is 4. The number of unbranched alkanes of at least 4 members (excludes halogenated alkanes) is 5. The first-order chi connectivity index (χ1) is 56.7. The molecule has 27 N–H and O–H groups in total. The number of aliphatic hydroxyl groups is 1. The van der Waals surface area contributed by atoms with Crippen LogP contribution in [0.5, 0.6) is 0 Å². The number of anilines is 1. The van der Waals surface area contributed by atoms with Gasteiger partial charge in [-0.3, -0.25) is 95.9 Å². The van der Waals surface area contributed by atoms with Crippen molar-refractivity contribution in [3.05, 3.63) is 65.9 Å². The van der Waals surface area contributed by atoms with Gasteiger partial charge in [-0.1, -0.05) is 89.1 Å². The molecule has 0 bridgehead atoms. The number of nitrogen functional groups attached to an aromatic ring is 1. The lowest BCUT2D eigenvalue weighted by atomic mass is 9.99. The summed E-state index contributed by atoms with van der Waals surface area (Å²) in [5, 5.41) is 78.1. The zero-order valence-corrected chi connectivity index (χ0v) is 66.2. The second-order valence-corrected chi connectivity index (χ2v) is 28.5. The van der Waals surface area contributed by atoms with Gasteiger partial charge in [0, 0.05) is 54.0 Å². The third kappa shape index (κ3) is 34.9. The number of cyclic esters (lactones) is 1. The van der Waals surface area contributed by atoms with Gasteiger partial charge in [0.1, 0.15) is 72.6 Å². The molecule has 0 spiro atoms. The normalized spacial score (nSPS) is 20.8. The molecule has 1 aliphatic heterocycles. The van der Waals surface area contributed by atoms with Crippen LogP contribution >= 0.6 is 0 Å². The van der Waals surface area contributed by atoms with E-state index in [1.165, 1.54) is 24.3 Å². The van der Waals surface area contributed by atoms with Crippen molar-refractivity contribution in [1.29, 1.82) is 0 Å². The lowest BCUT2D eigenvalue weighted by Crippen LogP contribution is -2.61. The fourth-order valence-corrected chi connectivity index (χ4v) is 12.2. The van der Waals surface area contributed by atoms with Crippen LogP contribution < -0.4 is 92.1 Å². The number of aliphatic hydroxyl groups excluding tert-OH is 1. The summed E-state index contributed by atoms with van der Waals surface area (Å²) in [6.07, 6.45) is -3.71. The van der Waals surface area contributed by atoms with E-state index in [4.69, 9.17) is 27.7 Å². The number of hydrogen-bond acceptors (Lipinski definition) is 25. The van der Waals surface area contributed by atoms with E-state index in [0.29, 0.717) is 35.2 Å². The molecular weight excluding hydrogens is 1580 g/mol. The summed E-state index contributed by atoms with van der Waals surface area (Å²) in [6, 6.07) is -11.6. The number of rotatable bonds is 39. The predicted molar refractivity (Wildman–Crippen MR) is 418 cm³/mol. The average molecular weight is 1690 g/mol. The van der Waals surface area contributed by atoms with Gasteiger partial charge in [-0.2, -0.15) is 0 Å². The van der Waals surface area contributed by atoms with Crippen LogP contribution in [0, 0.1) is 5.92 Å². The first-order valence-electron chi connectivity index (χ1n) is 38.5. The number of Topliss-reactive ketones (excluding diaryl/α,β-unsaturated/α-hetero) is 1. The number of nitrogens with one attached hydrogen (secondary N) is 14. The number of aromatic amines is 1. The molecule has 13 atom stereocenters. The molecule has 3 aromatic rings. The summed E-state index contributed by atoms with van der Waals surface area (Å²) in [7, 11) is 0. The summed E-state index contributed by atoms with van der Waals surface area (Å²) < 4.78 is 5.66. The highest BCUT2D eigenvalue weighted by Gasteiger charge is 2.41. The van der Waals surface area contributed by atoms with Gasteiger partial charge in [0.15, 0.2) is 5.78 Å². The maximum Gasteiger partial charge on any atom is 0.329 e. The molecule has 2 heterocycles. The average Bonchev–Trinajstić information content (AvgIpc) is 1.61. The molecule has 15 amide bonds. The molecule has 1 saturated heterocycles.